The second kappa shape index (κ2) is 4.86. The number of nitrogens with zero attached hydrogens (tertiary/aromatic N) is 3. The zero-order valence-electron chi connectivity index (χ0n) is 10.3. The molecule has 19 heavy (non-hydrogen) atoms. The van der Waals surface area contributed by atoms with Crippen LogP contribution in [0.1, 0.15) is 24.0 Å². The van der Waals surface area contributed by atoms with Gasteiger partial charge >= 0.3 is 0 Å². The highest BCUT2D eigenvalue weighted by Crippen LogP contribution is 2.35. The van der Waals surface area contributed by atoms with Crippen LogP contribution in [0.3, 0.4) is 0 Å². The van der Waals surface area contributed by atoms with E-state index < -0.39 is 0 Å². The van der Waals surface area contributed by atoms with Gasteiger partial charge in [0.15, 0.2) is 5.58 Å². The van der Waals surface area contributed by atoms with Crippen molar-refractivity contribution in [3.05, 3.63) is 35.0 Å². The zero-order chi connectivity index (χ0) is 13.4. The Balaban J connectivity index is 1.85. The lowest BCUT2D eigenvalue weighted by molar-refractivity contribution is 0.463. The lowest BCUT2D eigenvalue weighted by Crippen LogP contribution is -1.88. The molecule has 0 amide bonds. The molecule has 0 aliphatic rings. The minimum atomic E-state index is -0.0234. The van der Waals surface area contributed by atoms with Crippen molar-refractivity contribution >= 4 is 34.5 Å². The van der Waals surface area contributed by atoms with Gasteiger partial charge in [-0.3, -0.25) is 0 Å². The summed E-state index contributed by atoms with van der Waals surface area (Å²) in [6.07, 6.45) is 0. The van der Waals surface area contributed by atoms with Crippen LogP contribution in [0.2, 0.25) is 5.02 Å². The van der Waals surface area contributed by atoms with Crippen molar-refractivity contribution in [2.45, 2.75) is 24.3 Å². The molecule has 0 saturated carbocycles. The second-order valence-corrected chi connectivity index (χ2v) is 5.74. The Labute approximate surface area is 118 Å². The molecule has 0 aliphatic heterocycles. The number of fused-ring (bicyclic) bond motifs is 1. The highest BCUT2D eigenvalue weighted by molar-refractivity contribution is 7.99. The summed E-state index contributed by atoms with van der Waals surface area (Å²) >= 11 is 7.33. The maximum absolute atomic E-state index is 5.90. The van der Waals surface area contributed by atoms with Crippen molar-refractivity contribution in [1.82, 2.24) is 15.2 Å². The summed E-state index contributed by atoms with van der Waals surface area (Å²) in [5, 5.41) is 8.95. The number of hydrogen-bond donors (Lipinski definition) is 0. The summed E-state index contributed by atoms with van der Waals surface area (Å²) in [4.78, 5) is 4.37. The van der Waals surface area contributed by atoms with E-state index in [1.165, 1.54) is 11.8 Å². The van der Waals surface area contributed by atoms with Crippen molar-refractivity contribution in [1.29, 1.82) is 0 Å². The Bertz CT molecular complexity index is 725. The topological polar surface area (TPSA) is 65.0 Å². The molecule has 98 valence electrons. The van der Waals surface area contributed by atoms with Crippen LogP contribution in [0.15, 0.2) is 32.3 Å². The average Bonchev–Trinajstić information content (AvgIpc) is 2.94. The van der Waals surface area contributed by atoms with Crippen LogP contribution in [0, 0.1) is 6.92 Å². The predicted molar refractivity (Wildman–Crippen MR) is 72.3 cm³/mol. The van der Waals surface area contributed by atoms with Crippen LogP contribution in [-0.4, -0.2) is 15.2 Å². The van der Waals surface area contributed by atoms with E-state index >= 15 is 0 Å². The van der Waals surface area contributed by atoms with Crippen LogP contribution < -0.4 is 0 Å². The molecule has 1 atom stereocenters. The molecule has 1 aromatic carbocycles. The normalized spacial score (nSPS) is 13.0. The first-order chi connectivity index (χ1) is 9.11. The van der Waals surface area contributed by atoms with E-state index in [1.54, 1.807) is 19.1 Å². The molecule has 0 bridgehead atoms. The number of hydrogen-bond acceptors (Lipinski definition) is 6. The molecule has 0 unspecified atom stereocenters. The molecule has 7 heteroatoms. The van der Waals surface area contributed by atoms with Gasteiger partial charge in [0.1, 0.15) is 5.52 Å². The smallest absolute Gasteiger partial charge is 0.257 e. The third-order valence-electron chi connectivity index (χ3n) is 2.50. The third kappa shape index (κ3) is 2.59. The van der Waals surface area contributed by atoms with Gasteiger partial charge in [0.25, 0.3) is 5.22 Å². The Morgan fingerprint density at radius 3 is 2.84 bits per heavy atom. The van der Waals surface area contributed by atoms with Crippen LogP contribution in [0.25, 0.3) is 11.1 Å². The van der Waals surface area contributed by atoms with E-state index in [0.717, 1.165) is 5.52 Å². The van der Waals surface area contributed by atoms with Crippen molar-refractivity contribution in [3.8, 4) is 0 Å². The van der Waals surface area contributed by atoms with Gasteiger partial charge < -0.3 is 8.83 Å². The summed E-state index contributed by atoms with van der Waals surface area (Å²) in [5.74, 6) is 1.11. The van der Waals surface area contributed by atoms with Crippen molar-refractivity contribution in [3.63, 3.8) is 0 Å². The first-order valence-electron chi connectivity index (χ1n) is 5.64. The highest BCUT2D eigenvalue weighted by Gasteiger charge is 2.17. The molecular formula is C12H10ClN3O2S. The Morgan fingerprint density at radius 1 is 1.26 bits per heavy atom. The molecule has 3 rings (SSSR count). The molecular weight excluding hydrogens is 286 g/mol. The SMILES string of the molecule is Cc1nnc([C@@H](C)Sc2nc3ccc(Cl)cc3o2)o1. The Kier molecular flexibility index (Phi) is 3.20. The number of oxazole rings is 1. The van der Waals surface area contributed by atoms with E-state index in [-0.39, 0.29) is 5.25 Å². The Hall–Kier alpha value is -1.53. The molecule has 5 nitrogen and oxygen atoms in total. The molecule has 2 aromatic heterocycles. The van der Waals surface area contributed by atoms with E-state index in [1.807, 2.05) is 13.0 Å². The van der Waals surface area contributed by atoms with Gasteiger partial charge in [-0.15, -0.1) is 10.2 Å². The fourth-order valence-electron chi connectivity index (χ4n) is 1.61. The fraction of sp³-hybridized carbons (Fsp3) is 0.250. The number of rotatable bonds is 3. The van der Waals surface area contributed by atoms with E-state index in [9.17, 15) is 0 Å². The fourth-order valence-corrected chi connectivity index (χ4v) is 2.56. The van der Waals surface area contributed by atoms with Crippen LogP contribution >= 0.6 is 23.4 Å². The third-order valence-corrected chi connectivity index (χ3v) is 3.66. The summed E-state index contributed by atoms with van der Waals surface area (Å²) < 4.78 is 11.0. The van der Waals surface area contributed by atoms with Crippen LogP contribution in [0.4, 0.5) is 0 Å². The Morgan fingerprint density at radius 2 is 2.11 bits per heavy atom. The number of halogens is 1. The summed E-state index contributed by atoms with van der Waals surface area (Å²) in [7, 11) is 0. The van der Waals surface area contributed by atoms with Gasteiger partial charge in [0, 0.05) is 18.0 Å². The number of benzene rings is 1. The van der Waals surface area contributed by atoms with Crippen molar-refractivity contribution in [2.24, 2.45) is 0 Å². The molecule has 2 heterocycles. The van der Waals surface area contributed by atoms with Gasteiger partial charge in [0.2, 0.25) is 11.8 Å². The quantitative estimate of drug-likeness (QED) is 0.680. The molecule has 0 N–H and O–H groups in total. The monoisotopic (exact) mass is 295 g/mol. The highest BCUT2D eigenvalue weighted by atomic mass is 35.5. The van der Waals surface area contributed by atoms with Gasteiger partial charge in [-0.2, -0.15) is 0 Å². The number of aryl methyl sites for hydroxylation is 1. The van der Waals surface area contributed by atoms with Gasteiger partial charge in [-0.05, 0) is 19.1 Å². The van der Waals surface area contributed by atoms with Gasteiger partial charge in [-0.25, -0.2) is 4.98 Å². The van der Waals surface area contributed by atoms with Gasteiger partial charge in [-0.1, -0.05) is 23.4 Å². The summed E-state index contributed by atoms with van der Waals surface area (Å²) in [6, 6.07) is 5.36. The maximum Gasteiger partial charge on any atom is 0.257 e. The van der Waals surface area contributed by atoms with Crippen molar-refractivity contribution < 1.29 is 8.83 Å². The minimum Gasteiger partial charge on any atom is -0.431 e. The van der Waals surface area contributed by atoms with Crippen LogP contribution in [0.5, 0.6) is 0 Å². The minimum absolute atomic E-state index is 0.0234. The standard InChI is InChI=1S/C12H10ClN3O2S/c1-6(11-16-15-7(2)17-11)19-12-14-9-4-3-8(13)5-10(9)18-12/h3-6H,1-2H3/t6-/m1/s1. The van der Waals surface area contributed by atoms with Crippen molar-refractivity contribution in [2.75, 3.05) is 0 Å². The largest absolute Gasteiger partial charge is 0.431 e. The summed E-state index contributed by atoms with van der Waals surface area (Å²) in [5.41, 5.74) is 1.45. The first kappa shape index (κ1) is 12.5. The van der Waals surface area contributed by atoms with Crippen LogP contribution in [-0.2, 0) is 0 Å². The molecule has 0 aliphatic carbocycles. The van der Waals surface area contributed by atoms with Gasteiger partial charge in [0.05, 0.1) is 5.25 Å². The van der Waals surface area contributed by atoms with E-state index in [4.69, 9.17) is 20.4 Å². The molecule has 0 spiro atoms. The second-order valence-electron chi connectivity index (χ2n) is 4.01. The summed E-state index contributed by atoms with van der Waals surface area (Å²) in [6.45, 7) is 3.72. The first-order valence-corrected chi connectivity index (χ1v) is 6.90. The molecule has 3 aromatic rings. The van der Waals surface area contributed by atoms with E-state index in [0.29, 0.717) is 27.6 Å². The zero-order valence-corrected chi connectivity index (χ0v) is 11.8. The predicted octanol–water partition coefficient (Wildman–Crippen LogP) is 4.03. The lowest BCUT2D eigenvalue weighted by atomic mass is 10.3. The lowest BCUT2D eigenvalue weighted by Gasteiger charge is -2.01. The average molecular weight is 296 g/mol. The number of thioether (sulfide) groups is 1. The van der Waals surface area contributed by atoms with E-state index in [2.05, 4.69) is 15.2 Å². The number of aromatic nitrogens is 3. The molecule has 0 saturated heterocycles. The molecule has 0 radical (unpaired) electrons. The molecule has 0 fully saturated rings. The maximum atomic E-state index is 5.90.